The molecule has 11 heavy (non-hydrogen) atoms. The van der Waals surface area contributed by atoms with E-state index in [0.29, 0.717) is 19.3 Å². The van der Waals surface area contributed by atoms with Crippen molar-refractivity contribution in [3.63, 3.8) is 0 Å². The van der Waals surface area contributed by atoms with Crippen LogP contribution in [0.4, 0.5) is 0 Å². The Morgan fingerprint density at radius 3 is 2.55 bits per heavy atom. The van der Waals surface area contributed by atoms with Crippen LogP contribution in [0.3, 0.4) is 0 Å². The van der Waals surface area contributed by atoms with Gasteiger partial charge in [0, 0.05) is 0 Å². The van der Waals surface area contributed by atoms with Gasteiger partial charge < -0.3 is 9.53 Å². The Kier molecular flexibility index (Phi) is 5.43. The molecule has 0 fully saturated rings. The molecule has 0 radical (unpaired) electrons. The Morgan fingerprint density at radius 2 is 2.18 bits per heavy atom. The molecule has 0 aliphatic rings. The van der Waals surface area contributed by atoms with E-state index >= 15 is 0 Å². The highest BCUT2D eigenvalue weighted by atomic mass is 16.5. The smallest absolute Gasteiger partial charge is 0.316 e. The molecule has 0 aliphatic heterocycles. The lowest BCUT2D eigenvalue weighted by molar-refractivity contribution is -0.149. The molecule has 0 rings (SSSR count). The van der Waals surface area contributed by atoms with Gasteiger partial charge in [-0.05, 0) is 13.3 Å². The first-order chi connectivity index (χ1) is 5.26. The minimum absolute atomic E-state index is 0.340. The summed E-state index contributed by atoms with van der Waals surface area (Å²) in [7, 11) is 0. The fourth-order valence-electron chi connectivity index (χ4n) is 0.802. The fraction of sp³-hybridized carbons (Fsp3) is 0.750. The molecule has 1 atom stereocenters. The zero-order valence-corrected chi connectivity index (χ0v) is 7.00. The van der Waals surface area contributed by atoms with Crippen molar-refractivity contribution in [3.8, 4) is 0 Å². The van der Waals surface area contributed by atoms with Crippen LogP contribution >= 0.6 is 0 Å². The van der Waals surface area contributed by atoms with Gasteiger partial charge >= 0.3 is 5.97 Å². The Hall–Kier alpha value is -0.860. The highest BCUT2D eigenvalue weighted by molar-refractivity contribution is 5.87. The third kappa shape index (κ3) is 3.75. The quantitative estimate of drug-likeness (QED) is 0.342. The van der Waals surface area contributed by atoms with E-state index < -0.39 is 11.9 Å². The van der Waals surface area contributed by atoms with Crippen LogP contribution in [-0.2, 0) is 14.3 Å². The summed E-state index contributed by atoms with van der Waals surface area (Å²) >= 11 is 0. The Labute approximate surface area is 66.7 Å². The second-order valence-electron chi connectivity index (χ2n) is 2.28. The van der Waals surface area contributed by atoms with Crippen LogP contribution in [0.1, 0.15) is 26.7 Å². The summed E-state index contributed by atoms with van der Waals surface area (Å²) in [6.45, 7) is 3.99. The van der Waals surface area contributed by atoms with Crippen LogP contribution in [0.5, 0.6) is 0 Å². The molecule has 0 N–H and O–H groups in total. The molecule has 3 heteroatoms. The Bertz CT molecular complexity index is 131. The van der Waals surface area contributed by atoms with Crippen LogP contribution in [0, 0.1) is 5.92 Å². The van der Waals surface area contributed by atoms with Crippen molar-refractivity contribution in [1.82, 2.24) is 0 Å². The molecular formula is C8H14O3. The highest BCUT2D eigenvalue weighted by Gasteiger charge is 2.16. The minimum Gasteiger partial charge on any atom is -0.465 e. The van der Waals surface area contributed by atoms with Crippen LogP contribution in [-0.4, -0.2) is 18.9 Å². The van der Waals surface area contributed by atoms with E-state index in [1.807, 2.05) is 6.92 Å². The van der Waals surface area contributed by atoms with Gasteiger partial charge in [-0.15, -0.1) is 0 Å². The molecule has 3 nitrogen and oxygen atoms in total. The van der Waals surface area contributed by atoms with E-state index in [1.165, 1.54) is 0 Å². The zero-order chi connectivity index (χ0) is 8.69. The first-order valence-electron chi connectivity index (χ1n) is 3.88. The molecule has 0 heterocycles. The van der Waals surface area contributed by atoms with Crippen molar-refractivity contribution in [3.05, 3.63) is 0 Å². The van der Waals surface area contributed by atoms with Crippen molar-refractivity contribution in [2.45, 2.75) is 26.7 Å². The van der Waals surface area contributed by atoms with Crippen molar-refractivity contribution in [2.24, 2.45) is 5.92 Å². The van der Waals surface area contributed by atoms with Crippen molar-refractivity contribution in [1.29, 1.82) is 0 Å². The van der Waals surface area contributed by atoms with E-state index in [1.54, 1.807) is 6.92 Å². The molecule has 0 bridgehead atoms. The molecular weight excluding hydrogens is 144 g/mol. The van der Waals surface area contributed by atoms with Crippen molar-refractivity contribution >= 4 is 12.3 Å². The zero-order valence-electron chi connectivity index (χ0n) is 7.00. The summed E-state index contributed by atoms with van der Waals surface area (Å²) in [5.74, 6) is -0.954. The summed E-state index contributed by atoms with van der Waals surface area (Å²) < 4.78 is 4.68. The summed E-state index contributed by atoms with van der Waals surface area (Å²) in [4.78, 5) is 21.2. The van der Waals surface area contributed by atoms with Gasteiger partial charge in [-0.25, -0.2) is 0 Å². The predicted molar refractivity (Wildman–Crippen MR) is 41.1 cm³/mol. The fourth-order valence-corrected chi connectivity index (χ4v) is 0.802. The molecule has 0 amide bonds. The SMILES string of the molecule is CCCC(C=O)C(=O)OCC. The van der Waals surface area contributed by atoms with Crippen molar-refractivity contribution < 1.29 is 14.3 Å². The third-order valence-corrected chi connectivity index (χ3v) is 1.35. The van der Waals surface area contributed by atoms with E-state index in [2.05, 4.69) is 4.74 Å². The maximum absolute atomic E-state index is 10.9. The summed E-state index contributed by atoms with van der Waals surface area (Å²) in [6.07, 6.45) is 2.06. The predicted octanol–water partition coefficient (Wildman–Crippen LogP) is 1.16. The van der Waals surface area contributed by atoms with Gasteiger partial charge in [-0.3, -0.25) is 4.79 Å². The number of carbonyl (C=O) groups excluding carboxylic acids is 2. The number of hydrogen-bond donors (Lipinski definition) is 0. The first kappa shape index (κ1) is 10.1. The molecule has 0 aromatic heterocycles. The summed E-state index contributed by atoms with van der Waals surface area (Å²) in [5, 5.41) is 0. The molecule has 0 aromatic rings. The molecule has 0 aliphatic carbocycles. The monoisotopic (exact) mass is 158 g/mol. The standard InChI is InChI=1S/C8H14O3/c1-3-5-7(6-9)8(10)11-4-2/h6-7H,3-5H2,1-2H3. The molecule has 1 unspecified atom stereocenters. The van der Waals surface area contributed by atoms with Crippen molar-refractivity contribution in [2.75, 3.05) is 6.61 Å². The summed E-state index contributed by atoms with van der Waals surface area (Å²) in [5.41, 5.74) is 0. The van der Waals surface area contributed by atoms with E-state index in [-0.39, 0.29) is 0 Å². The maximum atomic E-state index is 10.9. The molecule has 0 saturated carbocycles. The lowest BCUT2D eigenvalue weighted by Gasteiger charge is -2.06. The number of rotatable bonds is 5. The van der Waals surface area contributed by atoms with Gasteiger partial charge in [0.25, 0.3) is 0 Å². The lowest BCUT2D eigenvalue weighted by atomic mass is 10.1. The van der Waals surface area contributed by atoms with Gasteiger partial charge in [0.2, 0.25) is 0 Å². The second-order valence-corrected chi connectivity index (χ2v) is 2.28. The van der Waals surface area contributed by atoms with E-state index in [9.17, 15) is 9.59 Å². The van der Waals surface area contributed by atoms with Crippen LogP contribution in [0.2, 0.25) is 0 Å². The summed E-state index contributed by atoms with van der Waals surface area (Å²) in [6, 6.07) is 0. The van der Waals surface area contributed by atoms with E-state index in [0.717, 1.165) is 6.42 Å². The van der Waals surface area contributed by atoms with Gasteiger partial charge in [0.1, 0.15) is 12.2 Å². The average molecular weight is 158 g/mol. The lowest BCUT2D eigenvalue weighted by Crippen LogP contribution is -2.18. The van der Waals surface area contributed by atoms with Gasteiger partial charge in [0.05, 0.1) is 6.61 Å². The number of aldehydes is 1. The topological polar surface area (TPSA) is 43.4 Å². The highest BCUT2D eigenvalue weighted by Crippen LogP contribution is 2.04. The normalized spacial score (nSPS) is 12.2. The van der Waals surface area contributed by atoms with Crippen LogP contribution in [0.15, 0.2) is 0 Å². The van der Waals surface area contributed by atoms with Crippen LogP contribution in [0.25, 0.3) is 0 Å². The number of carbonyl (C=O) groups is 2. The Balaban J connectivity index is 3.81. The minimum atomic E-state index is -0.556. The van der Waals surface area contributed by atoms with E-state index in [4.69, 9.17) is 0 Å². The third-order valence-electron chi connectivity index (χ3n) is 1.35. The molecule has 0 aromatic carbocycles. The second kappa shape index (κ2) is 5.89. The Morgan fingerprint density at radius 1 is 1.55 bits per heavy atom. The molecule has 0 spiro atoms. The number of esters is 1. The maximum Gasteiger partial charge on any atom is 0.316 e. The number of hydrogen-bond acceptors (Lipinski definition) is 3. The van der Waals surface area contributed by atoms with Crippen LogP contribution < -0.4 is 0 Å². The molecule has 0 saturated heterocycles. The largest absolute Gasteiger partial charge is 0.465 e. The van der Waals surface area contributed by atoms with Gasteiger partial charge in [-0.2, -0.15) is 0 Å². The first-order valence-corrected chi connectivity index (χ1v) is 3.88. The average Bonchev–Trinajstić information content (AvgIpc) is 2.00. The van der Waals surface area contributed by atoms with Gasteiger partial charge in [-0.1, -0.05) is 13.3 Å². The van der Waals surface area contributed by atoms with Gasteiger partial charge in [0.15, 0.2) is 0 Å². The number of ether oxygens (including phenoxy) is 1. The molecule has 64 valence electrons.